The number of oxime groups is 1. The summed E-state index contributed by atoms with van der Waals surface area (Å²) in [5, 5.41) is 11.2. The molecule has 0 spiro atoms. The smallest absolute Gasteiger partial charge is 0.132 e. The molecule has 0 atom stereocenters. The Bertz CT molecular complexity index is 215. The first kappa shape index (κ1) is 10.2. The van der Waals surface area contributed by atoms with E-state index in [1.807, 2.05) is 6.92 Å². The van der Waals surface area contributed by atoms with E-state index in [2.05, 4.69) is 5.16 Å². The molecule has 0 amide bonds. The van der Waals surface area contributed by atoms with Crippen molar-refractivity contribution in [1.82, 2.24) is 0 Å². The van der Waals surface area contributed by atoms with Gasteiger partial charge >= 0.3 is 0 Å². The van der Waals surface area contributed by atoms with Crippen molar-refractivity contribution in [2.24, 2.45) is 17.0 Å². The first-order valence-corrected chi connectivity index (χ1v) is 4.84. The van der Waals surface area contributed by atoms with Crippen molar-refractivity contribution in [1.29, 1.82) is 0 Å². The quantitative estimate of drug-likeness (QED) is 0.405. The van der Waals surface area contributed by atoms with Gasteiger partial charge in [-0.2, -0.15) is 0 Å². The Morgan fingerprint density at radius 1 is 1.15 bits per heavy atom. The van der Waals surface area contributed by atoms with Crippen LogP contribution >= 0.6 is 0 Å². The van der Waals surface area contributed by atoms with Crippen molar-refractivity contribution >= 4 is 11.5 Å². The summed E-state index contributed by atoms with van der Waals surface area (Å²) in [6.07, 6.45) is 4.73. The Kier molecular flexibility index (Phi) is 3.46. The third kappa shape index (κ3) is 4.06. The molecule has 0 bridgehead atoms. The van der Waals surface area contributed by atoms with Crippen molar-refractivity contribution in [3.63, 3.8) is 0 Å². The van der Waals surface area contributed by atoms with Crippen LogP contribution in [-0.2, 0) is 4.79 Å². The van der Waals surface area contributed by atoms with Gasteiger partial charge in [-0.15, -0.1) is 0 Å². The highest BCUT2D eigenvalue weighted by Gasteiger charge is 2.25. The van der Waals surface area contributed by atoms with Crippen LogP contribution in [0.1, 0.15) is 39.5 Å². The summed E-state index contributed by atoms with van der Waals surface area (Å²) >= 11 is 0. The molecule has 0 aromatic rings. The second-order valence-electron chi connectivity index (χ2n) is 3.90. The highest BCUT2D eigenvalue weighted by atomic mass is 16.4. The van der Waals surface area contributed by atoms with Crippen LogP contribution in [0.25, 0.3) is 0 Å². The minimum atomic E-state index is 0.370. The second kappa shape index (κ2) is 4.40. The number of carbonyl (C=O) groups is 1. The number of nitrogens with zero attached hydrogens (tertiary/aromatic N) is 1. The third-order valence-electron chi connectivity index (χ3n) is 2.48. The van der Waals surface area contributed by atoms with Gasteiger partial charge in [0, 0.05) is 11.8 Å². The van der Waals surface area contributed by atoms with E-state index in [0.717, 1.165) is 18.6 Å². The van der Waals surface area contributed by atoms with Crippen LogP contribution in [0.3, 0.4) is 0 Å². The summed E-state index contributed by atoms with van der Waals surface area (Å²) in [6, 6.07) is 0. The molecule has 2 aliphatic rings. The average molecular weight is 183 g/mol. The first-order valence-electron chi connectivity index (χ1n) is 4.84. The summed E-state index contributed by atoms with van der Waals surface area (Å²) in [5.41, 5.74) is 0.889. The molecule has 1 N–H and O–H groups in total. The number of hydrogen-bond acceptors (Lipinski definition) is 3. The molecule has 74 valence electrons. The maximum absolute atomic E-state index is 10.2. The third-order valence-corrected chi connectivity index (χ3v) is 2.48. The van der Waals surface area contributed by atoms with Gasteiger partial charge < -0.3 is 5.21 Å². The molecule has 2 saturated carbocycles. The van der Waals surface area contributed by atoms with Crippen molar-refractivity contribution in [3.8, 4) is 0 Å². The molecular weight excluding hydrogens is 166 g/mol. The molecule has 0 aromatic carbocycles. The summed E-state index contributed by atoms with van der Waals surface area (Å²) in [4.78, 5) is 10.2. The van der Waals surface area contributed by atoms with Crippen LogP contribution in [0.5, 0.6) is 0 Å². The highest BCUT2D eigenvalue weighted by molar-refractivity contribution is 5.85. The Morgan fingerprint density at radius 3 is 1.69 bits per heavy atom. The number of carbonyl (C=O) groups excluding carboxylic acids is 1. The van der Waals surface area contributed by atoms with Crippen molar-refractivity contribution in [2.75, 3.05) is 0 Å². The number of ketones is 1. The fraction of sp³-hybridized carbons (Fsp3) is 0.800. The van der Waals surface area contributed by atoms with Crippen LogP contribution in [0.15, 0.2) is 5.16 Å². The lowest BCUT2D eigenvalue weighted by Crippen LogP contribution is -1.90. The van der Waals surface area contributed by atoms with Gasteiger partial charge in [0.2, 0.25) is 0 Å². The van der Waals surface area contributed by atoms with E-state index in [-0.39, 0.29) is 0 Å². The maximum atomic E-state index is 10.2. The number of rotatable bonds is 2. The zero-order valence-electron chi connectivity index (χ0n) is 8.29. The molecule has 3 heteroatoms. The van der Waals surface area contributed by atoms with E-state index in [1.54, 1.807) is 6.92 Å². The molecule has 0 aliphatic heterocycles. The Morgan fingerprint density at radius 2 is 1.62 bits per heavy atom. The van der Waals surface area contributed by atoms with Crippen molar-refractivity contribution in [3.05, 3.63) is 0 Å². The van der Waals surface area contributed by atoms with Gasteiger partial charge in [-0.25, -0.2) is 0 Å². The summed E-state index contributed by atoms with van der Waals surface area (Å²) in [5.74, 6) is 1.45. The van der Waals surface area contributed by atoms with Gasteiger partial charge in [-0.1, -0.05) is 5.16 Å². The molecule has 2 fully saturated rings. The van der Waals surface area contributed by atoms with Crippen LogP contribution in [-0.4, -0.2) is 16.7 Å². The lowest BCUT2D eigenvalue weighted by Gasteiger charge is -1.85. The fourth-order valence-corrected chi connectivity index (χ4v) is 1.07. The van der Waals surface area contributed by atoms with Crippen LogP contribution in [0.4, 0.5) is 0 Å². The van der Waals surface area contributed by atoms with E-state index in [1.165, 1.54) is 12.8 Å². The van der Waals surface area contributed by atoms with Gasteiger partial charge in [0.05, 0.1) is 5.71 Å². The van der Waals surface area contributed by atoms with Crippen molar-refractivity contribution < 1.29 is 10.0 Å². The van der Waals surface area contributed by atoms with E-state index in [0.29, 0.717) is 17.6 Å². The lowest BCUT2D eigenvalue weighted by molar-refractivity contribution is -0.118. The minimum absolute atomic E-state index is 0.370. The lowest BCUT2D eigenvalue weighted by atomic mass is 10.3. The van der Waals surface area contributed by atoms with Crippen LogP contribution < -0.4 is 0 Å². The molecule has 2 aliphatic carbocycles. The molecule has 0 heterocycles. The van der Waals surface area contributed by atoms with Crippen molar-refractivity contribution in [2.45, 2.75) is 39.5 Å². The normalized spacial score (nSPS) is 21.8. The zero-order valence-corrected chi connectivity index (χ0v) is 8.29. The average Bonchev–Trinajstić information content (AvgIpc) is 2.88. The standard InChI is InChI=1S/C5H9NO.C5H8O/c1-4(6-7)5-2-3-5;1-4(6)5-2-3-5/h5,7H,2-3H2,1H3;5H,2-3H2,1H3. The predicted octanol–water partition coefficient (Wildman–Crippen LogP) is 2.23. The maximum Gasteiger partial charge on any atom is 0.132 e. The molecule has 0 saturated heterocycles. The van der Waals surface area contributed by atoms with E-state index >= 15 is 0 Å². The molecule has 0 radical (unpaired) electrons. The molecular formula is C10H17NO2. The molecule has 2 rings (SSSR count). The van der Waals surface area contributed by atoms with E-state index in [9.17, 15) is 4.79 Å². The summed E-state index contributed by atoms with van der Waals surface area (Å²) in [7, 11) is 0. The van der Waals surface area contributed by atoms with Crippen LogP contribution in [0, 0.1) is 11.8 Å². The molecule has 0 unspecified atom stereocenters. The molecule has 3 nitrogen and oxygen atoms in total. The van der Waals surface area contributed by atoms with E-state index in [4.69, 9.17) is 5.21 Å². The van der Waals surface area contributed by atoms with Gasteiger partial charge in [0.15, 0.2) is 0 Å². The Hall–Kier alpha value is -0.860. The van der Waals surface area contributed by atoms with E-state index < -0.39 is 0 Å². The predicted molar refractivity (Wildman–Crippen MR) is 51.0 cm³/mol. The summed E-state index contributed by atoms with van der Waals surface area (Å²) < 4.78 is 0. The highest BCUT2D eigenvalue weighted by Crippen LogP contribution is 2.30. The first-order chi connectivity index (χ1) is 6.15. The van der Waals surface area contributed by atoms with Gasteiger partial charge in [-0.05, 0) is 39.5 Å². The largest absolute Gasteiger partial charge is 0.411 e. The molecule has 0 aromatic heterocycles. The molecule has 13 heavy (non-hydrogen) atoms. The van der Waals surface area contributed by atoms with Gasteiger partial charge in [0.25, 0.3) is 0 Å². The minimum Gasteiger partial charge on any atom is -0.411 e. The summed E-state index contributed by atoms with van der Waals surface area (Å²) in [6.45, 7) is 3.52. The topological polar surface area (TPSA) is 49.7 Å². The fourth-order valence-electron chi connectivity index (χ4n) is 1.07. The second-order valence-corrected chi connectivity index (χ2v) is 3.90. The van der Waals surface area contributed by atoms with Gasteiger partial charge in [-0.3, -0.25) is 4.79 Å². The SMILES string of the molecule is CC(=NO)C1CC1.CC(=O)C1CC1. The zero-order chi connectivity index (χ0) is 9.84. The number of Topliss-reactive ketones (excluding diaryl/α,β-unsaturated/α-hetero) is 1. The van der Waals surface area contributed by atoms with Crippen LogP contribution in [0.2, 0.25) is 0 Å². The monoisotopic (exact) mass is 183 g/mol. The van der Waals surface area contributed by atoms with Gasteiger partial charge in [0.1, 0.15) is 5.78 Å². The Labute approximate surface area is 78.8 Å². The number of hydrogen-bond donors (Lipinski definition) is 1. The Balaban J connectivity index is 0.000000132.